The number of fused-ring (bicyclic) bond motifs is 1. The number of imidazole rings is 1. The summed E-state index contributed by atoms with van der Waals surface area (Å²) in [7, 11) is 0. The summed E-state index contributed by atoms with van der Waals surface area (Å²) in [5, 5.41) is 10.2. The fourth-order valence-corrected chi connectivity index (χ4v) is 5.88. The summed E-state index contributed by atoms with van der Waals surface area (Å²) in [6.45, 7) is 10.6. The van der Waals surface area contributed by atoms with Crippen LogP contribution in [-0.4, -0.2) is 43.7 Å². The van der Waals surface area contributed by atoms with Gasteiger partial charge in [0.05, 0.1) is 47.0 Å². The Morgan fingerprint density at radius 3 is 2.40 bits per heavy atom. The lowest BCUT2D eigenvalue weighted by Gasteiger charge is -2.33. The number of carbonyl (C=O) groups excluding carboxylic acids is 2. The highest BCUT2D eigenvalue weighted by molar-refractivity contribution is 5.95. The second-order valence-electron chi connectivity index (χ2n) is 13.0. The molecule has 4 rings (SSSR count). The smallest absolute Gasteiger partial charge is 0.350 e. The molecule has 13 heteroatoms. The number of aromatic amines is 1. The Balaban J connectivity index is 1.59. The van der Waals surface area contributed by atoms with Gasteiger partial charge in [0, 0.05) is 25.8 Å². The highest BCUT2D eigenvalue weighted by atomic mass is 19.4. The predicted octanol–water partition coefficient (Wildman–Crippen LogP) is 7.75. The number of carbonyl (C=O) groups is 2. The van der Waals surface area contributed by atoms with Crippen LogP contribution in [0.2, 0.25) is 0 Å². The lowest BCUT2D eigenvalue weighted by molar-refractivity contribution is -0.144. The Kier molecular flexibility index (Phi) is 10.6. The average Bonchev–Trinajstić information content (AvgIpc) is 3.57. The van der Waals surface area contributed by atoms with Gasteiger partial charge in [-0.1, -0.05) is 33.8 Å². The van der Waals surface area contributed by atoms with Gasteiger partial charge in [-0.25, -0.2) is 13.8 Å². The lowest BCUT2D eigenvalue weighted by Crippen LogP contribution is -2.38. The molecule has 0 saturated heterocycles. The van der Waals surface area contributed by atoms with E-state index in [2.05, 4.69) is 34.6 Å². The van der Waals surface area contributed by atoms with E-state index < -0.39 is 42.9 Å². The van der Waals surface area contributed by atoms with Crippen molar-refractivity contribution in [3.63, 3.8) is 0 Å². The number of hydrogen-bond donors (Lipinski definition) is 3. The van der Waals surface area contributed by atoms with Gasteiger partial charge in [-0.2, -0.15) is 18.3 Å². The van der Waals surface area contributed by atoms with Gasteiger partial charge < -0.3 is 15.6 Å². The van der Waals surface area contributed by atoms with Crippen LogP contribution in [0.5, 0.6) is 0 Å². The molecule has 45 heavy (non-hydrogen) atoms. The molecule has 3 N–H and O–H groups in total. The number of benzene rings is 1. The normalized spacial score (nSPS) is 17.2. The van der Waals surface area contributed by atoms with Crippen LogP contribution in [-0.2, 0) is 11.3 Å². The fourth-order valence-electron chi connectivity index (χ4n) is 5.88. The van der Waals surface area contributed by atoms with E-state index in [-0.39, 0.29) is 43.4 Å². The Morgan fingerprint density at radius 1 is 1.09 bits per heavy atom. The summed E-state index contributed by atoms with van der Waals surface area (Å²) in [5.74, 6) is -3.21. The van der Waals surface area contributed by atoms with Crippen LogP contribution in [0.4, 0.5) is 22.0 Å². The third-order valence-electron chi connectivity index (χ3n) is 8.44. The van der Waals surface area contributed by atoms with Crippen molar-refractivity contribution >= 4 is 22.8 Å². The van der Waals surface area contributed by atoms with Crippen LogP contribution in [0.3, 0.4) is 0 Å². The van der Waals surface area contributed by atoms with Gasteiger partial charge in [-0.15, -0.1) is 0 Å². The van der Waals surface area contributed by atoms with Gasteiger partial charge in [0.25, 0.3) is 5.91 Å². The Bertz CT molecular complexity index is 1470. The van der Waals surface area contributed by atoms with Gasteiger partial charge in [0.15, 0.2) is 0 Å². The summed E-state index contributed by atoms with van der Waals surface area (Å²) in [6.07, 6.45) is -4.00. The summed E-state index contributed by atoms with van der Waals surface area (Å²) in [5.41, 5.74) is 3.04. The molecule has 2 amide bonds. The van der Waals surface area contributed by atoms with Crippen LogP contribution >= 0.6 is 0 Å². The molecule has 0 aliphatic heterocycles. The van der Waals surface area contributed by atoms with Crippen LogP contribution in [0.1, 0.15) is 125 Å². The number of nitrogens with one attached hydrogen (secondary N) is 3. The van der Waals surface area contributed by atoms with Crippen molar-refractivity contribution in [2.45, 2.75) is 116 Å². The standard InChI is InChI=1S/C32H43F5N6O2/c1-18(2)11-15-43-28(19(3)4)23(17-38-43)30(45)42-27(21-8-12-31(33,34)13-9-21)29-40-24-7-6-22(16-25(24)41-29)20(5)39-26(44)10-14-32(35,36)37/h6-7,16-21,27H,8-15H2,1-5H3,(H,39,44)(H,40,41)(H,42,45)/t20-,27+/m1/s1. The van der Waals surface area contributed by atoms with Crippen LogP contribution in [0.25, 0.3) is 11.0 Å². The molecule has 0 unspecified atom stereocenters. The van der Waals surface area contributed by atoms with Crippen LogP contribution in [0, 0.1) is 11.8 Å². The number of halogens is 5. The molecule has 2 atom stereocenters. The van der Waals surface area contributed by atoms with Crippen molar-refractivity contribution in [2.75, 3.05) is 0 Å². The summed E-state index contributed by atoms with van der Waals surface area (Å²) < 4.78 is 67.7. The van der Waals surface area contributed by atoms with Crippen molar-refractivity contribution in [2.24, 2.45) is 11.8 Å². The van der Waals surface area contributed by atoms with E-state index in [1.165, 1.54) is 0 Å². The second-order valence-corrected chi connectivity index (χ2v) is 13.0. The molecule has 3 aromatic rings. The van der Waals surface area contributed by atoms with Gasteiger partial charge >= 0.3 is 6.18 Å². The zero-order valence-corrected chi connectivity index (χ0v) is 26.4. The van der Waals surface area contributed by atoms with E-state index in [9.17, 15) is 31.5 Å². The molecule has 0 radical (unpaired) electrons. The first kappa shape index (κ1) is 34.4. The fraction of sp³-hybridized carbons (Fsp3) is 0.625. The zero-order chi connectivity index (χ0) is 33.1. The molecule has 1 saturated carbocycles. The Morgan fingerprint density at radius 2 is 1.78 bits per heavy atom. The first-order valence-corrected chi connectivity index (χ1v) is 15.6. The molecule has 2 heterocycles. The highest BCUT2D eigenvalue weighted by Gasteiger charge is 2.40. The molecule has 1 fully saturated rings. The van der Waals surface area contributed by atoms with E-state index in [0.29, 0.717) is 40.4 Å². The third kappa shape index (κ3) is 9.03. The van der Waals surface area contributed by atoms with Crippen molar-refractivity contribution in [1.82, 2.24) is 30.4 Å². The van der Waals surface area contributed by atoms with Gasteiger partial charge in [0.2, 0.25) is 11.8 Å². The maximum absolute atomic E-state index is 14.1. The van der Waals surface area contributed by atoms with E-state index in [1.807, 2.05) is 18.5 Å². The monoisotopic (exact) mass is 638 g/mol. The van der Waals surface area contributed by atoms with Gasteiger partial charge in [-0.3, -0.25) is 14.3 Å². The lowest BCUT2D eigenvalue weighted by atomic mass is 9.81. The van der Waals surface area contributed by atoms with Crippen molar-refractivity contribution in [3.05, 3.63) is 47.0 Å². The minimum Gasteiger partial charge on any atom is -0.350 e. The molecule has 0 spiro atoms. The van der Waals surface area contributed by atoms with Gasteiger partial charge in [-0.05, 0) is 61.6 Å². The molecule has 2 aromatic heterocycles. The Hall–Kier alpha value is -3.51. The molecule has 1 aliphatic rings. The van der Waals surface area contributed by atoms with E-state index in [1.54, 1.807) is 31.3 Å². The number of hydrogen-bond acceptors (Lipinski definition) is 4. The number of aromatic nitrogens is 4. The predicted molar refractivity (Wildman–Crippen MR) is 161 cm³/mol. The van der Waals surface area contributed by atoms with Crippen LogP contribution in [0.15, 0.2) is 24.4 Å². The molecule has 8 nitrogen and oxygen atoms in total. The molecular formula is C32H43F5N6O2. The van der Waals surface area contributed by atoms with Crippen molar-refractivity contribution in [1.29, 1.82) is 0 Å². The maximum atomic E-state index is 14.1. The minimum atomic E-state index is -4.42. The molecular weight excluding hydrogens is 595 g/mol. The number of nitrogens with zero attached hydrogens (tertiary/aromatic N) is 3. The summed E-state index contributed by atoms with van der Waals surface area (Å²) >= 11 is 0. The SMILES string of the molecule is CC(C)CCn1ncc(C(=O)N[C@H](c2nc3ccc([C@@H](C)NC(=O)CCC(F)(F)F)cc3[nH]2)C2CCC(F)(F)CC2)c1C(C)C. The molecule has 1 aliphatic carbocycles. The number of alkyl halides is 5. The number of H-pyrrole nitrogens is 1. The van der Waals surface area contributed by atoms with Crippen molar-refractivity contribution in [3.8, 4) is 0 Å². The quantitative estimate of drug-likeness (QED) is 0.177. The van der Waals surface area contributed by atoms with E-state index in [4.69, 9.17) is 4.98 Å². The Labute approximate surface area is 259 Å². The molecule has 1 aromatic carbocycles. The first-order valence-electron chi connectivity index (χ1n) is 15.6. The molecule has 248 valence electrons. The van der Waals surface area contributed by atoms with Crippen LogP contribution < -0.4 is 10.6 Å². The first-order chi connectivity index (χ1) is 21.0. The van der Waals surface area contributed by atoms with E-state index >= 15 is 0 Å². The number of aryl methyl sites for hydroxylation is 1. The molecule has 0 bridgehead atoms. The average molecular weight is 639 g/mol. The highest BCUT2D eigenvalue weighted by Crippen LogP contribution is 2.41. The van der Waals surface area contributed by atoms with E-state index in [0.717, 1.165) is 12.1 Å². The van der Waals surface area contributed by atoms with Crippen molar-refractivity contribution < 1.29 is 31.5 Å². The van der Waals surface area contributed by atoms with Gasteiger partial charge in [0.1, 0.15) is 5.82 Å². The minimum absolute atomic E-state index is 0.0211. The summed E-state index contributed by atoms with van der Waals surface area (Å²) in [4.78, 5) is 33.8. The maximum Gasteiger partial charge on any atom is 0.389 e. The summed E-state index contributed by atoms with van der Waals surface area (Å²) in [6, 6.07) is 3.93. The third-order valence-corrected chi connectivity index (χ3v) is 8.44. The topological polar surface area (TPSA) is 105 Å². The second kappa shape index (κ2) is 13.9. The zero-order valence-electron chi connectivity index (χ0n) is 26.4. The number of rotatable bonds is 12. The number of amides is 2. The largest absolute Gasteiger partial charge is 0.389 e.